The molecule has 0 spiro atoms. The highest BCUT2D eigenvalue weighted by Gasteiger charge is 2.28. The zero-order chi connectivity index (χ0) is 38.3. The maximum atomic E-state index is 6.77. The van der Waals surface area contributed by atoms with E-state index in [-0.39, 0.29) is 12.0 Å². The molecule has 0 N–H and O–H groups in total. The number of thiophene rings is 1. The Labute approximate surface area is 339 Å². The molecule has 0 radical (unpaired) electrons. The number of furan rings is 1. The van der Waals surface area contributed by atoms with Crippen molar-refractivity contribution < 1.29 is 4.42 Å². The summed E-state index contributed by atoms with van der Waals surface area (Å²) in [6.07, 6.45) is 1.78. The van der Waals surface area contributed by atoms with Crippen molar-refractivity contribution in [2.24, 2.45) is 15.9 Å². The van der Waals surface area contributed by atoms with E-state index >= 15 is 0 Å². The van der Waals surface area contributed by atoms with Gasteiger partial charge in [-0.15, -0.1) is 11.3 Å². The van der Waals surface area contributed by atoms with Crippen LogP contribution in [0.4, 0.5) is 0 Å². The monoisotopic (exact) mass is 763 g/mol. The van der Waals surface area contributed by atoms with E-state index in [1.165, 1.54) is 58.3 Å². The number of hydrogen-bond donors (Lipinski definition) is 0. The van der Waals surface area contributed by atoms with Crippen LogP contribution in [-0.4, -0.2) is 16.1 Å². The van der Waals surface area contributed by atoms with E-state index in [0.29, 0.717) is 0 Å². The normalized spacial score (nSPS) is 18.2. The topological polar surface area (TPSA) is 42.8 Å². The molecule has 1 aliphatic heterocycles. The molecule has 4 nitrogen and oxygen atoms in total. The van der Waals surface area contributed by atoms with Gasteiger partial charge >= 0.3 is 0 Å². The molecule has 0 bridgehead atoms. The van der Waals surface area contributed by atoms with Gasteiger partial charge in [-0.25, -0.2) is 4.99 Å². The molecule has 0 aliphatic carbocycles. The van der Waals surface area contributed by atoms with Crippen molar-refractivity contribution in [3.63, 3.8) is 0 Å². The van der Waals surface area contributed by atoms with Crippen molar-refractivity contribution in [1.82, 2.24) is 4.57 Å². The number of para-hydroxylation sites is 2. The van der Waals surface area contributed by atoms with Crippen LogP contribution in [0.3, 0.4) is 0 Å². The Kier molecular flexibility index (Phi) is 7.54. The van der Waals surface area contributed by atoms with Crippen LogP contribution in [0.5, 0.6) is 0 Å². The fraction of sp³-hybridized carbons (Fsp3) is 0.0943. The second-order valence-electron chi connectivity index (χ2n) is 15.7. The minimum absolute atomic E-state index is 0.161. The van der Waals surface area contributed by atoms with Gasteiger partial charge in [0.2, 0.25) is 0 Å². The Bertz CT molecular complexity index is 3490. The Balaban J connectivity index is 1.11. The standard InChI is InChI=1S/C53H37N3OS/c1-32-26-27-43(40-22-13-21-39-38-19-9-12-25-49(38)58-52(39)40)54-53(33-14-3-2-4-15-33)55-51(32)36-30-46(50-41-20-8-11-24-47(41)57-48(50)31-36)56-44-23-10-7-18-37(44)42-28-34-16-5-6-17-35(34)29-45(42)56/h2-25,28-32,51H,26-27H2,1H3/b54-43+,55-53-. The number of amidine groups is 1. The fourth-order valence-electron chi connectivity index (χ4n) is 9.41. The maximum absolute atomic E-state index is 6.77. The average molecular weight is 764 g/mol. The first-order chi connectivity index (χ1) is 28.7. The zero-order valence-electron chi connectivity index (χ0n) is 31.9. The van der Waals surface area contributed by atoms with Gasteiger partial charge in [0, 0.05) is 47.5 Å². The van der Waals surface area contributed by atoms with Crippen LogP contribution in [-0.2, 0) is 0 Å². The van der Waals surface area contributed by atoms with Crippen molar-refractivity contribution in [3.8, 4) is 5.69 Å². The third-order valence-corrected chi connectivity index (χ3v) is 13.4. The van der Waals surface area contributed by atoms with Crippen molar-refractivity contribution in [3.05, 3.63) is 187 Å². The number of aliphatic imine (C=N–C) groups is 2. The summed E-state index contributed by atoms with van der Waals surface area (Å²) in [5, 5.41) is 9.72. The lowest BCUT2D eigenvalue weighted by molar-refractivity contribution is 0.446. The number of fused-ring (bicyclic) bond motifs is 10. The lowest BCUT2D eigenvalue weighted by atomic mass is 9.87. The molecular weight excluding hydrogens is 727 g/mol. The van der Waals surface area contributed by atoms with E-state index in [0.717, 1.165) is 63.1 Å². The molecule has 0 fully saturated rings. The van der Waals surface area contributed by atoms with Gasteiger partial charge in [-0.05, 0) is 77.6 Å². The second-order valence-corrected chi connectivity index (χ2v) is 16.8. The van der Waals surface area contributed by atoms with Crippen LogP contribution >= 0.6 is 11.3 Å². The molecule has 2 atom stereocenters. The molecule has 8 aromatic carbocycles. The highest BCUT2D eigenvalue weighted by molar-refractivity contribution is 7.26. The van der Waals surface area contributed by atoms with Crippen LogP contribution in [0.15, 0.2) is 184 Å². The Morgan fingerprint density at radius 1 is 0.603 bits per heavy atom. The molecule has 276 valence electrons. The third-order valence-electron chi connectivity index (χ3n) is 12.2. The minimum Gasteiger partial charge on any atom is -0.456 e. The van der Waals surface area contributed by atoms with Crippen LogP contribution in [0.1, 0.15) is 42.5 Å². The first-order valence-corrected chi connectivity index (χ1v) is 21.0. The molecule has 0 saturated heterocycles. The molecule has 0 amide bonds. The van der Waals surface area contributed by atoms with Gasteiger partial charge in [0.25, 0.3) is 0 Å². The molecule has 58 heavy (non-hydrogen) atoms. The summed E-state index contributed by atoms with van der Waals surface area (Å²) in [5.41, 5.74) is 9.63. The quantitative estimate of drug-likeness (QED) is 0.176. The summed E-state index contributed by atoms with van der Waals surface area (Å²) >= 11 is 1.86. The van der Waals surface area contributed by atoms with E-state index in [4.69, 9.17) is 14.4 Å². The predicted molar refractivity (Wildman–Crippen MR) is 246 cm³/mol. The summed E-state index contributed by atoms with van der Waals surface area (Å²) < 4.78 is 11.8. The molecule has 5 heteroatoms. The van der Waals surface area contributed by atoms with Crippen LogP contribution in [0.2, 0.25) is 0 Å². The van der Waals surface area contributed by atoms with E-state index in [1.54, 1.807) is 0 Å². The third kappa shape index (κ3) is 5.20. The number of rotatable bonds is 4. The summed E-state index contributed by atoms with van der Waals surface area (Å²) in [6.45, 7) is 2.36. The van der Waals surface area contributed by atoms with Crippen LogP contribution < -0.4 is 0 Å². The van der Waals surface area contributed by atoms with Crippen molar-refractivity contribution in [1.29, 1.82) is 0 Å². The predicted octanol–water partition coefficient (Wildman–Crippen LogP) is 14.6. The average Bonchev–Trinajstić information content (AvgIpc) is 3.94. The molecule has 0 saturated carbocycles. The number of aromatic nitrogens is 1. The van der Waals surface area contributed by atoms with Crippen molar-refractivity contribution in [2.75, 3.05) is 0 Å². The van der Waals surface area contributed by atoms with Crippen LogP contribution in [0, 0.1) is 5.92 Å². The second kappa shape index (κ2) is 13.1. The number of benzene rings is 8. The SMILES string of the molecule is CC1CC/C(c2cccc3c2sc2ccccc23)=N\C(c2ccccc2)=N/C1c1cc(-n2c3ccccc3c3cc4ccccc4cc32)c2c(c1)oc1ccccc12. The van der Waals surface area contributed by atoms with Gasteiger partial charge in [-0.2, -0.15) is 0 Å². The van der Waals surface area contributed by atoms with Gasteiger partial charge in [-0.3, -0.25) is 4.99 Å². The van der Waals surface area contributed by atoms with Gasteiger partial charge in [0.1, 0.15) is 11.2 Å². The largest absolute Gasteiger partial charge is 0.456 e. The molecule has 4 heterocycles. The van der Waals surface area contributed by atoms with Crippen LogP contribution in [0.25, 0.3) is 80.4 Å². The molecule has 2 unspecified atom stereocenters. The van der Waals surface area contributed by atoms with E-state index in [2.05, 4.69) is 181 Å². The Morgan fingerprint density at radius 3 is 2.21 bits per heavy atom. The summed E-state index contributed by atoms with van der Waals surface area (Å²) in [7, 11) is 0. The lowest BCUT2D eigenvalue weighted by Gasteiger charge is -2.25. The van der Waals surface area contributed by atoms with E-state index in [1.807, 2.05) is 11.3 Å². The first kappa shape index (κ1) is 33.3. The number of nitrogens with zero attached hydrogens (tertiary/aromatic N) is 3. The Hall–Kier alpha value is -6.82. The zero-order valence-corrected chi connectivity index (χ0v) is 32.7. The molecule has 1 aliphatic rings. The summed E-state index contributed by atoms with van der Waals surface area (Å²) in [6, 6.07) is 61.0. The fourth-order valence-corrected chi connectivity index (χ4v) is 10.6. The van der Waals surface area contributed by atoms with Gasteiger partial charge in [0.15, 0.2) is 5.84 Å². The molecule has 11 aromatic rings. The molecule has 12 rings (SSSR count). The van der Waals surface area contributed by atoms with Gasteiger partial charge in [0.05, 0.1) is 33.9 Å². The maximum Gasteiger partial charge on any atom is 0.155 e. The first-order valence-electron chi connectivity index (χ1n) is 20.2. The molecule has 3 aromatic heterocycles. The van der Waals surface area contributed by atoms with E-state index in [9.17, 15) is 0 Å². The minimum atomic E-state index is -0.161. The summed E-state index contributed by atoms with van der Waals surface area (Å²) in [4.78, 5) is 11.2. The highest BCUT2D eigenvalue weighted by Crippen LogP contribution is 2.44. The highest BCUT2D eigenvalue weighted by atomic mass is 32.1. The number of hydrogen-bond acceptors (Lipinski definition) is 4. The lowest BCUT2D eigenvalue weighted by Crippen LogP contribution is -2.18. The summed E-state index contributed by atoms with van der Waals surface area (Å²) in [5.74, 6) is 0.974. The van der Waals surface area contributed by atoms with Gasteiger partial charge in [-0.1, -0.05) is 134 Å². The smallest absolute Gasteiger partial charge is 0.155 e. The van der Waals surface area contributed by atoms with Crippen molar-refractivity contribution in [2.45, 2.75) is 25.8 Å². The Morgan fingerprint density at radius 2 is 1.33 bits per heavy atom. The van der Waals surface area contributed by atoms with Crippen molar-refractivity contribution >= 4 is 97.6 Å². The van der Waals surface area contributed by atoms with E-state index < -0.39 is 0 Å². The van der Waals surface area contributed by atoms with Gasteiger partial charge < -0.3 is 8.98 Å². The molecular formula is C53H37N3OS.